The smallest absolute Gasteiger partial charge is 0.231 e. The summed E-state index contributed by atoms with van der Waals surface area (Å²) in [6.45, 7) is 1.54. The largest absolute Gasteiger partial charge is 0.497 e. The monoisotopic (exact) mass is 327 g/mol. The van der Waals surface area contributed by atoms with Crippen LogP contribution in [0.2, 0.25) is 0 Å². The van der Waals surface area contributed by atoms with Crippen LogP contribution in [-0.4, -0.2) is 41.1 Å². The Morgan fingerprint density at radius 2 is 2.21 bits per heavy atom. The maximum atomic E-state index is 12.3. The van der Waals surface area contributed by atoms with Crippen LogP contribution in [0.1, 0.15) is 37.5 Å². The molecule has 2 fully saturated rings. The Labute approximate surface area is 140 Å². The molecule has 6 heteroatoms. The number of aromatic nitrogens is 2. The molecule has 0 radical (unpaired) electrons. The fourth-order valence-electron chi connectivity index (χ4n) is 3.25. The summed E-state index contributed by atoms with van der Waals surface area (Å²) in [4.78, 5) is 18.8. The van der Waals surface area contributed by atoms with Crippen molar-refractivity contribution in [3.8, 4) is 17.1 Å². The number of carbonyl (C=O) groups is 1. The number of methoxy groups -OCH3 is 1. The third-order valence-electron chi connectivity index (χ3n) is 4.78. The lowest BCUT2D eigenvalue weighted by Crippen LogP contribution is -2.40. The molecule has 1 aliphatic carbocycles. The first-order valence-electron chi connectivity index (χ1n) is 8.51. The molecule has 1 aromatic heterocycles. The van der Waals surface area contributed by atoms with E-state index in [9.17, 15) is 4.79 Å². The molecule has 1 aromatic carbocycles. The van der Waals surface area contributed by atoms with E-state index >= 15 is 0 Å². The molecule has 1 aliphatic heterocycles. The molecule has 0 N–H and O–H groups in total. The first-order chi connectivity index (χ1) is 11.7. The average molecular weight is 327 g/mol. The molecular weight excluding hydrogens is 306 g/mol. The van der Waals surface area contributed by atoms with Crippen LogP contribution in [0, 0.1) is 5.92 Å². The minimum Gasteiger partial charge on any atom is -0.497 e. The van der Waals surface area contributed by atoms with Crippen LogP contribution < -0.4 is 4.74 Å². The van der Waals surface area contributed by atoms with E-state index in [1.54, 1.807) is 7.11 Å². The molecule has 24 heavy (non-hydrogen) atoms. The van der Waals surface area contributed by atoms with Gasteiger partial charge in [0.1, 0.15) is 5.75 Å². The summed E-state index contributed by atoms with van der Waals surface area (Å²) in [5, 5.41) is 4.11. The van der Waals surface area contributed by atoms with Gasteiger partial charge in [-0.3, -0.25) is 4.79 Å². The topological polar surface area (TPSA) is 68.5 Å². The number of benzene rings is 1. The first-order valence-corrected chi connectivity index (χ1v) is 8.51. The van der Waals surface area contributed by atoms with Crippen LogP contribution >= 0.6 is 0 Å². The Hall–Kier alpha value is -2.37. The Kier molecular flexibility index (Phi) is 3.96. The normalized spacial score (nSPS) is 20.9. The summed E-state index contributed by atoms with van der Waals surface area (Å²) in [5.74, 6) is 2.65. The van der Waals surface area contributed by atoms with Crippen LogP contribution in [0.4, 0.5) is 0 Å². The second-order valence-electron chi connectivity index (χ2n) is 6.59. The molecule has 126 valence electrons. The zero-order valence-electron chi connectivity index (χ0n) is 13.8. The van der Waals surface area contributed by atoms with Crippen molar-refractivity contribution in [2.45, 2.75) is 31.6 Å². The van der Waals surface area contributed by atoms with Gasteiger partial charge >= 0.3 is 0 Å². The van der Waals surface area contributed by atoms with Gasteiger partial charge in [-0.1, -0.05) is 17.3 Å². The maximum absolute atomic E-state index is 12.3. The zero-order chi connectivity index (χ0) is 16.5. The molecule has 4 rings (SSSR count). The summed E-state index contributed by atoms with van der Waals surface area (Å²) in [6, 6.07) is 7.60. The van der Waals surface area contributed by atoms with Crippen molar-refractivity contribution in [2.24, 2.45) is 5.92 Å². The summed E-state index contributed by atoms with van der Waals surface area (Å²) < 4.78 is 10.7. The molecule has 0 spiro atoms. The fraction of sp³-hybridized carbons (Fsp3) is 0.500. The van der Waals surface area contributed by atoms with Gasteiger partial charge in [0.05, 0.1) is 13.0 Å². The van der Waals surface area contributed by atoms with Crippen LogP contribution in [0.3, 0.4) is 0 Å². The predicted octanol–water partition coefficient (Wildman–Crippen LogP) is 2.86. The van der Waals surface area contributed by atoms with Gasteiger partial charge in [-0.05, 0) is 37.8 Å². The van der Waals surface area contributed by atoms with Gasteiger partial charge in [0, 0.05) is 24.6 Å². The number of carbonyl (C=O) groups excluding carboxylic acids is 1. The second-order valence-corrected chi connectivity index (χ2v) is 6.59. The van der Waals surface area contributed by atoms with E-state index in [-0.39, 0.29) is 11.8 Å². The van der Waals surface area contributed by atoms with Crippen molar-refractivity contribution < 1.29 is 14.1 Å². The van der Waals surface area contributed by atoms with Crippen molar-refractivity contribution in [1.82, 2.24) is 15.0 Å². The zero-order valence-corrected chi connectivity index (χ0v) is 13.8. The molecule has 2 heterocycles. The van der Waals surface area contributed by atoms with Crippen molar-refractivity contribution >= 4 is 5.91 Å². The van der Waals surface area contributed by atoms with E-state index in [4.69, 9.17) is 9.26 Å². The lowest BCUT2D eigenvalue weighted by molar-refractivity contribution is -0.133. The highest BCUT2D eigenvalue weighted by atomic mass is 16.5. The Morgan fingerprint density at radius 3 is 3.00 bits per heavy atom. The van der Waals surface area contributed by atoms with Crippen molar-refractivity contribution in [2.75, 3.05) is 20.2 Å². The average Bonchev–Trinajstić information content (AvgIpc) is 3.37. The fourth-order valence-corrected chi connectivity index (χ4v) is 3.25. The Morgan fingerprint density at radius 1 is 1.33 bits per heavy atom. The van der Waals surface area contributed by atoms with E-state index in [0.29, 0.717) is 24.2 Å². The number of likely N-dealkylation sites (tertiary alicyclic amines) is 1. The van der Waals surface area contributed by atoms with Crippen molar-refractivity contribution in [3.63, 3.8) is 0 Å². The van der Waals surface area contributed by atoms with Gasteiger partial charge in [0.25, 0.3) is 0 Å². The number of amides is 1. The van der Waals surface area contributed by atoms with E-state index in [1.165, 1.54) is 0 Å². The van der Waals surface area contributed by atoms with Crippen LogP contribution in [0.25, 0.3) is 11.4 Å². The molecule has 1 amide bonds. The van der Waals surface area contributed by atoms with Gasteiger partial charge in [-0.15, -0.1) is 0 Å². The lowest BCUT2D eigenvalue weighted by Gasteiger charge is -2.31. The molecule has 6 nitrogen and oxygen atoms in total. The van der Waals surface area contributed by atoms with Gasteiger partial charge in [0.2, 0.25) is 17.6 Å². The van der Waals surface area contributed by atoms with E-state index in [0.717, 1.165) is 43.5 Å². The van der Waals surface area contributed by atoms with Crippen LogP contribution in [0.15, 0.2) is 28.8 Å². The molecule has 2 aromatic rings. The molecule has 1 atom stereocenters. The van der Waals surface area contributed by atoms with Crippen molar-refractivity contribution in [3.05, 3.63) is 30.2 Å². The van der Waals surface area contributed by atoms with Gasteiger partial charge in [0.15, 0.2) is 0 Å². The molecular formula is C18H21N3O3. The van der Waals surface area contributed by atoms with E-state index in [2.05, 4.69) is 10.1 Å². The molecule has 1 unspecified atom stereocenters. The Balaban J connectivity index is 1.50. The number of hydrogen-bond acceptors (Lipinski definition) is 5. The van der Waals surface area contributed by atoms with E-state index < -0.39 is 0 Å². The Bertz CT molecular complexity index is 739. The minimum absolute atomic E-state index is 0.133. The molecule has 1 saturated heterocycles. The number of piperidine rings is 1. The van der Waals surface area contributed by atoms with Crippen LogP contribution in [0.5, 0.6) is 5.75 Å². The number of nitrogens with zero attached hydrogens (tertiary/aromatic N) is 3. The quantitative estimate of drug-likeness (QED) is 0.864. The third-order valence-corrected chi connectivity index (χ3v) is 4.78. The highest BCUT2D eigenvalue weighted by Gasteiger charge is 2.36. The van der Waals surface area contributed by atoms with E-state index in [1.807, 2.05) is 29.2 Å². The number of rotatable bonds is 4. The second kappa shape index (κ2) is 6.26. The van der Waals surface area contributed by atoms with Gasteiger partial charge in [-0.2, -0.15) is 4.98 Å². The maximum Gasteiger partial charge on any atom is 0.231 e. The molecule has 1 saturated carbocycles. The number of ether oxygens (including phenoxy) is 1. The number of hydrogen-bond donors (Lipinski definition) is 0. The highest BCUT2D eigenvalue weighted by molar-refractivity contribution is 5.81. The summed E-state index contributed by atoms with van der Waals surface area (Å²) in [7, 11) is 1.63. The summed E-state index contributed by atoms with van der Waals surface area (Å²) in [5.41, 5.74) is 0.867. The first kappa shape index (κ1) is 15.2. The third kappa shape index (κ3) is 3.00. The van der Waals surface area contributed by atoms with Crippen LogP contribution in [-0.2, 0) is 4.79 Å². The predicted molar refractivity (Wildman–Crippen MR) is 87.6 cm³/mol. The summed E-state index contributed by atoms with van der Waals surface area (Å²) in [6.07, 6.45) is 4.05. The summed E-state index contributed by atoms with van der Waals surface area (Å²) >= 11 is 0. The van der Waals surface area contributed by atoms with Crippen molar-refractivity contribution in [1.29, 1.82) is 0 Å². The lowest BCUT2D eigenvalue weighted by atomic mass is 9.97. The molecule has 2 aliphatic rings. The van der Waals surface area contributed by atoms with Gasteiger partial charge < -0.3 is 14.2 Å². The van der Waals surface area contributed by atoms with Gasteiger partial charge in [-0.25, -0.2) is 0 Å². The standard InChI is InChI=1S/C18H21N3O3/c1-23-15-6-2-4-13(10-15)16-19-17(24-20-16)14-5-3-9-21(11-14)18(22)12-7-8-12/h2,4,6,10,12,14H,3,5,7-9,11H2,1H3. The highest BCUT2D eigenvalue weighted by Crippen LogP contribution is 2.34. The molecule has 0 bridgehead atoms. The SMILES string of the molecule is COc1cccc(-c2noc(C3CCCN(C(=O)C4CC4)C3)n2)c1. The minimum atomic E-state index is 0.133.